The summed E-state index contributed by atoms with van der Waals surface area (Å²) in [6.45, 7) is 3.01. The van der Waals surface area contributed by atoms with Gasteiger partial charge in [0.25, 0.3) is 0 Å². The average Bonchev–Trinajstić information content (AvgIpc) is 2.79. The molecule has 1 aliphatic heterocycles. The fourth-order valence-corrected chi connectivity index (χ4v) is 3.93. The van der Waals surface area contributed by atoms with Crippen LogP contribution in [0.15, 0.2) is 11.1 Å². The Morgan fingerprint density at radius 3 is 2.60 bits per heavy atom. The van der Waals surface area contributed by atoms with Crippen molar-refractivity contribution in [2.75, 3.05) is 20.1 Å². The zero-order valence-corrected chi connectivity index (χ0v) is 12.4. The number of rotatable bonds is 4. The molecule has 0 bridgehead atoms. The first-order valence-electron chi connectivity index (χ1n) is 6.34. The number of aryl methyl sites for hydroxylation is 1. The molecular formula is C11H20N6O2S. The summed E-state index contributed by atoms with van der Waals surface area (Å²) in [6, 6.07) is 0. The van der Waals surface area contributed by atoms with Crippen LogP contribution in [0.5, 0.6) is 0 Å². The van der Waals surface area contributed by atoms with E-state index in [0.29, 0.717) is 31.6 Å². The van der Waals surface area contributed by atoms with E-state index >= 15 is 0 Å². The molecule has 5 N–H and O–H groups in total. The molecule has 0 aliphatic carbocycles. The topological polar surface area (TPSA) is 128 Å². The Balaban J connectivity index is 2.30. The van der Waals surface area contributed by atoms with E-state index in [-0.39, 0.29) is 10.7 Å². The van der Waals surface area contributed by atoms with Gasteiger partial charge in [-0.15, -0.1) is 0 Å². The number of hydrogen-bond acceptors (Lipinski definition) is 5. The van der Waals surface area contributed by atoms with Crippen LogP contribution in [0.3, 0.4) is 0 Å². The third-order valence-electron chi connectivity index (χ3n) is 3.76. The van der Waals surface area contributed by atoms with Crippen molar-refractivity contribution >= 4 is 15.9 Å². The first-order valence-corrected chi connectivity index (χ1v) is 7.82. The van der Waals surface area contributed by atoms with Gasteiger partial charge >= 0.3 is 0 Å². The van der Waals surface area contributed by atoms with Gasteiger partial charge in [-0.25, -0.2) is 8.42 Å². The number of piperidine rings is 1. The molecule has 0 aromatic carbocycles. The van der Waals surface area contributed by atoms with E-state index in [2.05, 4.69) is 19.8 Å². The average molecular weight is 300 g/mol. The van der Waals surface area contributed by atoms with Gasteiger partial charge in [0.1, 0.15) is 10.7 Å². The highest BCUT2D eigenvalue weighted by Crippen LogP contribution is 2.24. The number of sulfonamides is 1. The number of hydrogen-bond donors (Lipinski definition) is 4. The molecule has 9 heteroatoms. The lowest BCUT2D eigenvalue weighted by molar-refractivity contribution is 0.218. The first kappa shape index (κ1) is 14.9. The predicted octanol–water partition coefficient (Wildman–Crippen LogP) is -0.603. The van der Waals surface area contributed by atoms with Gasteiger partial charge in [0.05, 0.1) is 17.4 Å². The highest BCUT2D eigenvalue weighted by Gasteiger charge is 2.41. The van der Waals surface area contributed by atoms with Gasteiger partial charge in [0.2, 0.25) is 10.0 Å². The van der Waals surface area contributed by atoms with Crippen molar-refractivity contribution in [2.45, 2.75) is 30.2 Å². The minimum Gasteiger partial charge on any atom is -0.386 e. The van der Waals surface area contributed by atoms with Crippen molar-refractivity contribution in [3.63, 3.8) is 0 Å². The Bertz CT molecular complexity index is 600. The highest BCUT2D eigenvalue weighted by molar-refractivity contribution is 7.89. The Kier molecular flexibility index (Phi) is 3.85. The van der Waals surface area contributed by atoms with E-state index in [4.69, 9.17) is 11.1 Å². The number of nitrogens with zero attached hydrogens (tertiary/aromatic N) is 2. The molecule has 0 amide bonds. The van der Waals surface area contributed by atoms with E-state index in [1.54, 1.807) is 6.92 Å². The van der Waals surface area contributed by atoms with Crippen LogP contribution in [-0.2, 0) is 10.0 Å². The Hall–Kier alpha value is -1.45. The zero-order chi connectivity index (χ0) is 15.0. The smallest absolute Gasteiger partial charge is 0.244 e. The number of H-pyrrole nitrogens is 1. The van der Waals surface area contributed by atoms with Crippen molar-refractivity contribution in [3.05, 3.63) is 11.9 Å². The number of aromatic amines is 1. The van der Waals surface area contributed by atoms with Gasteiger partial charge in [-0.1, -0.05) is 0 Å². The van der Waals surface area contributed by atoms with Crippen LogP contribution in [0.2, 0.25) is 0 Å². The second-order valence-electron chi connectivity index (χ2n) is 5.26. The third kappa shape index (κ3) is 2.69. The highest BCUT2D eigenvalue weighted by atomic mass is 32.2. The van der Waals surface area contributed by atoms with Gasteiger partial charge in [-0.2, -0.15) is 9.82 Å². The minimum absolute atomic E-state index is 0.0945. The van der Waals surface area contributed by atoms with Crippen LogP contribution in [0.25, 0.3) is 0 Å². The largest absolute Gasteiger partial charge is 0.386 e. The summed E-state index contributed by atoms with van der Waals surface area (Å²) in [5.74, 6) is -0.143. The summed E-state index contributed by atoms with van der Waals surface area (Å²) in [5.41, 5.74) is 5.12. The molecule has 0 spiro atoms. The molecular weight excluding hydrogens is 280 g/mol. The maximum Gasteiger partial charge on any atom is 0.244 e. The van der Waals surface area contributed by atoms with Crippen LogP contribution in [0.1, 0.15) is 18.5 Å². The summed E-state index contributed by atoms with van der Waals surface area (Å²) in [7, 11) is -1.79. The van der Waals surface area contributed by atoms with Crippen molar-refractivity contribution < 1.29 is 8.42 Å². The number of amidine groups is 1. The number of nitrogens with two attached hydrogens (primary N) is 1. The molecule has 0 atom stereocenters. The first-order chi connectivity index (χ1) is 9.27. The molecule has 112 valence electrons. The summed E-state index contributed by atoms with van der Waals surface area (Å²) in [5, 5.41) is 14.1. The standard InChI is InChI=1S/C11H20N6O2S/c1-8-9(7-14-15-8)20(18,19)16-11(10(12)13)3-5-17(2)6-4-11/h7,16H,3-6H2,1-2H3,(H3,12,13)(H,14,15). The predicted molar refractivity (Wildman–Crippen MR) is 75.0 cm³/mol. The minimum atomic E-state index is -3.75. The van der Waals surface area contributed by atoms with E-state index in [9.17, 15) is 8.42 Å². The maximum atomic E-state index is 12.4. The molecule has 2 rings (SSSR count). The molecule has 1 aromatic heterocycles. The second-order valence-corrected chi connectivity index (χ2v) is 6.91. The van der Waals surface area contributed by atoms with Gasteiger partial charge in [0, 0.05) is 13.1 Å². The molecule has 0 radical (unpaired) electrons. The molecule has 0 unspecified atom stereocenters. The lowest BCUT2D eigenvalue weighted by Gasteiger charge is -2.39. The van der Waals surface area contributed by atoms with Crippen LogP contribution in [0, 0.1) is 12.3 Å². The molecule has 1 aromatic rings. The second kappa shape index (κ2) is 5.15. The van der Waals surface area contributed by atoms with Gasteiger partial charge in [-0.3, -0.25) is 10.5 Å². The van der Waals surface area contributed by atoms with Gasteiger partial charge in [0.15, 0.2) is 0 Å². The Labute approximate surface area is 118 Å². The van der Waals surface area contributed by atoms with E-state index in [1.165, 1.54) is 6.20 Å². The number of nitrogens with one attached hydrogen (secondary N) is 3. The summed E-state index contributed by atoms with van der Waals surface area (Å²) in [4.78, 5) is 2.18. The molecule has 1 aliphatic rings. The third-order valence-corrected chi connectivity index (χ3v) is 5.41. The molecule has 1 saturated heterocycles. The molecule has 0 saturated carbocycles. The van der Waals surface area contributed by atoms with Crippen molar-refractivity contribution in [2.24, 2.45) is 5.73 Å². The fourth-order valence-electron chi connectivity index (χ4n) is 2.35. The quantitative estimate of drug-likeness (QED) is 0.436. The van der Waals surface area contributed by atoms with Crippen molar-refractivity contribution in [3.8, 4) is 0 Å². The number of aromatic nitrogens is 2. The lowest BCUT2D eigenvalue weighted by Crippen LogP contribution is -2.61. The monoisotopic (exact) mass is 300 g/mol. The van der Waals surface area contributed by atoms with Crippen LogP contribution < -0.4 is 10.5 Å². The van der Waals surface area contributed by atoms with E-state index in [1.807, 2.05) is 7.05 Å². The SMILES string of the molecule is Cc1[nH]ncc1S(=O)(=O)NC1(C(=N)N)CCN(C)CC1. The normalized spacial score (nSPS) is 19.9. The van der Waals surface area contributed by atoms with Crippen molar-refractivity contribution in [1.29, 1.82) is 5.41 Å². The zero-order valence-electron chi connectivity index (χ0n) is 11.6. The van der Waals surface area contributed by atoms with Crippen LogP contribution >= 0.6 is 0 Å². The van der Waals surface area contributed by atoms with Gasteiger partial charge in [-0.05, 0) is 26.8 Å². The Morgan fingerprint density at radius 2 is 2.15 bits per heavy atom. The van der Waals surface area contributed by atoms with Crippen LogP contribution in [0.4, 0.5) is 0 Å². The molecule has 2 heterocycles. The lowest BCUT2D eigenvalue weighted by atomic mass is 9.88. The van der Waals surface area contributed by atoms with Crippen LogP contribution in [-0.4, -0.2) is 55.0 Å². The van der Waals surface area contributed by atoms with E-state index in [0.717, 1.165) is 0 Å². The maximum absolute atomic E-state index is 12.4. The van der Waals surface area contributed by atoms with E-state index < -0.39 is 15.6 Å². The summed E-state index contributed by atoms with van der Waals surface area (Å²) in [6.07, 6.45) is 2.23. The van der Waals surface area contributed by atoms with Crippen molar-refractivity contribution in [1.82, 2.24) is 19.8 Å². The summed E-state index contributed by atoms with van der Waals surface area (Å²) >= 11 is 0. The molecule has 8 nitrogen and oxygen atoms in total. The number of likely N-dealkylation sites (tertiary alicyclic amines) is 1. The van der Waals surface area contributed by atoms with Gasteiger partial charge < -0.3 is 10.6 Å². The Morgan fingerprint density at radius 1 is 1.55 bits per heavy atom. The molecule has 1 fully saturated rings. The summed E-state index contributed by atoms with van der Waals surface area (Å²) < 4.78 is 27.5. The molecule has 20 heavy (non-hydrogen) atoms. The fraction of sp³-hybridized carbons (Fsp3) is 0.636.